The molecule has 0 saturated heterocycles. The molecule has 4 unspecified atom stereocenters. The monoisotopic (exact) mass is 414 g/mol. The first kappa shape index (κ1) is 24.0. The van der Waals surface area contributed by atoms with E-state index in [1.54, 1.807) is 14.2 Å². The lowest BCUT2D eigenvalue weighted by atomic mass is 9.90. The van der Waals surface area contributed by atoms with Gasteiger partial charge in [-0.05, 0) is 37.7 Å². The molecule has 0 radical (unpaired) electrons. The van der Waals surface area contributed by atoms with Crippen LogP contribution in [0, 0.1) is 11.8 Å². The van der Waals surface area contributed by atoms with E-state index in [1.165, 1.54) is 5.56 Å². The first-order chi connectivity index (χ1) is 14.5. The highest BCUT2D eigenvalue weighted by Gasteiger charge is 2.40. The van der Waals surface area contributed by atoms with Crippen LogP contribution in [-0.4, -0.2) is 43.3 Å². The van der Waals surface area contributed by atoms with Crippen molar-refractivity contribution < 1.29 is 24.2 Å². The van der Waals surface area contributed by atoms with E-state index in [0.717, 1.165) is 12.8 Å². The molecule has 2 rings (SSSR count). The predicted octanol–water partition coefficient (Wildman–Crippen LogP) is 4.61. The van der Waals surface area contributed by atoms with E-state index in [0.29, 0.717) is 25.7 Å². The summed E-state index contributed by atoms with van der Waals surface area (Å²) in [5.74, 6) is -0.624. The minimum Gasteiger partial charge on any atom is -0.481 e. The standard InChI is InChI=1S/C25H34O5/c1-29-20(15-14-19-10-6-5-7-11-19)16-17-22-21(23(26)18-24(22)30-2)12-8-3-4-9-13-25(27)28/h3,5-8,10-11,16-17,20-22,24H,4,9,12-15,18H2,1-2H3,(H,27,28)/b8-3+,17-16+. The van der Waals surface area contributed by atoms with Crippen molar-refractivity contribution in [2.75, 3.05) is 14.2 Å². The van der Waals surface area contributed by atoms with Crippen LogP contribution in [0.4, 0.5) is 0 Å². The second-order valence-corrected chi connectivity index (χ2v) is 7.80. The number of carboxylic acids is 1. The normalized spacial score (nSPS) is 22.9. The van der Waals surface area contributed by atoms with Gasteiger partial charge in [-0.15, -0.1) is 0 Å². The van der Waals surface area contributed by atoms with Crippen molar-refractivity contribution in [2.45, 2.75) is 57.2 Å². The molecule has 164 valence electrons. The highest BCUT2D eigenvalue weighted by atomic mass is 16.5. The summed E-state index contributed by atoms with van der Waals surface area (Å²) in [6, 6.07) is 10.3. The Morgan fingerprint density at radius 1 is 1.23 bits per heavy atom. The molecule has 1 aliphatic rings. The quantitative estimate of drug-likeness (QED) is 0.377. The van der Waals surface area contributed by atoms with Crippen molar-refractivity contribution in [1.82, 2.24) is 0 Å². The number of benzene rings is 1. The van der Waals surface area contributed by atoms with Gasteiger partial charge in [-0.25, -0.2) is 0 Å². The van der Waals surface area contributed by atoms with E-state index in [4.69, 9.17) is 14.6 Å². The summed E-state index contributed by atoms with van der Waals surface area (Å²) < 4.78 is 11.2. The van der Waals surface area contributed by atoms with Gasteiger partial charge in [0.05, 0.1) is 12.2 Å². The van der Waals surface area contributed by atoms with Crippen LogP contribution < -0.4 is 0 Å². The number of hydrogen-bond acceptors (Lipinski definition) is 4. The number of rotatable bonds is 13. The number of carboxylic acid groups (broad SMARTS) is 1. The van der Waals surface area contributed by atoms with Gasteiger partial charge in [0.15, 0.2) is 0 Å². The highest BCUT2D eigenvalue weighted by molar-refractivity contribution is 5.84. The second kappa shape index (κ2) is 13.1. The number of aliphatic carboxylic acids is 1. The third-order valence-electron chi connectivity index (χ3n) is 5.74. The fourth-order valence-corrected chi connectivity index (χ4v) is 3.98. The number of unbranched alkanes of at least 4 members (excludes halogenated alkanes) is 1. The number of ether oxygens (including phenoxy) is 2. The maximum atomic E-state index is 12.5. The van der Waals surface area contributed by atoms with Gasteiger partial charge in [0.2, 0.25) is 0 Å². The largest absolute Gasteiger partial charge is 0.481 e. The van der Waals surface area contributed by atoms with E-state index in [-0.39, 0.29) is 36.2 Å². The molecule has 0 heterocycles. The lowest BCUT2D eigenvalue weighted by Gasteiger charge is -2.20. The molecule has 1 aliphatic carbocycles. The first-order valence-electron chi connectivity index (χ1n) is 10.7. The molecular formula is C25H34O5. The summed E-state index contributed by atoms with van der Waals surface area (Å²) in [4.78, 5) is 23.1. The van der Waals surface area contributed by atoms with Crippen LogP contribution in [0.3, 0.4) is 0 Å². The van der Waals surface area contributed by atoms with Gasteiger partial charge in [-0.1, -0.05) is 54.6 Å². The van der Waals surface area contributed by atoms with Crippen LogP contribution >= 0.6 is 0 Å². The molecular weight excluding hydrogens is 380 g/mol. The highest BCUT2D eigenvalue weighted by Crippen LogP contribution is 2.35. The van der Waals surface area contributed by atoms with Crippen molar-refractivity contribution in [1.29, 1.82) is 0 Å². The SMILES string of the molecule is COC(/C=C/C1C(OC)CC(=O)C1C/C=C/CCCC(=O)O)CCc1ccccc1. The third-order valence-corrected chi connectivity index (χ3v) is 5.74. The molecule has 1 N–H and O–H groups in total. The number of Topliss-reactive ketones (excluding diaryl/α,β-unsaturated/α-hetero) is 1. The molecule has 0 bridgehead atoms. The number of ketones is 1. The Morgan fingerprint density at radius 2 is 2.00 bits per heavy atom. The zero-order chi connectivity index (χ0) is 21.8. The zero-order valence-electron chi connectivity index (χ0n) is 18.0. The Bertz CT molecular complexity index is 710. The van der Waals surface area contributed by atoms with E-state index in [2.05, 4.69) is 24.3 Å². The van der Waals surface area contributed by atoms with Crippen LogP contribution in [-0.2, 0) is 25.5 Å². The second-order valence-electron chi connectivity index (χ2n) is 7.80. The number of hydrogen-bond donors (Lipinski definition) is 1. The molecule has 0 spiro atoms. The van der Waals surface area contributed by atoms with Gasteiger partial charge >= 0.3 is 5.97 Å². The molecule has 0 aliphatic heterocycles. The van der Waals surface area contributed by atoms with Gasteiger partial charge in [0.25, 0.3) is 0 Å². The van der Waals surface area contributed by atoms with E-state index >= 15 is 0 Å². The molecule has 1 aromatic carbocycles. The van der Waals surface area contributed by atoms with Gasteiger partial charge in [0.1, 0.15) is 5.78 Å². The smallest absolute Gasteiger partial charge is 0.303 e. The van der Waals surface area contributed by atoms with Crippen molar-refractivity contribution in [3.05, 3.63) is 60.2 Å². The summed E-state index contributed by atoms with van der Waals surface area (Å²) in [6.07, 6.45) is 12.4. The Kier molecular flexibility index (Phi) is 10.5. The van der Waals surface area contributed by atoms with Crippen molar-refractivity contribution in [2.24, 2.45) is 11.8 Å². The number of methoxy groups -OCH3 is 2. The average molecular weight is 415 g/mol. The first-order valence-corrected chi connectivity index (χ1v) is 10.7. The maximum Gasteiger partial charge on any atom is 0.303 e. The van der Waals surface area contributed by atoms with Crippen LogP contribution in [0.15, 0.2) is 54.6 Å². The molecule has 1 fully saturated rings. The maximum absolute atomic E-state index is 12.5. The molecule has 5 nitrogen and oxygen atoms in total. The van der Waals surface area contributed by atoms with Gasteiger partial charge < -0.3 is 14.6 Å². The van der Waals surface area contributed by atoms with E-state index in [1.807, 2.05) is 30.4 Å². The number of aryl methyl sites for hydroxylation is 1. The Morgan fingerprint density at radius 3 is 2.67 bits per heavy atom. The van der Waals surface area contributed by atoms with Crippen molar-refractivity contribution >= 4 is 11.8 Å². The summed E-state index contributed by atoms with van der Waals surface area (Å²) in [6.45, 7) is 0. The summed E-state index contributed by atoms with van der Waals surface area (Å²) in [5, 5.41) is 8.69. The third kappa shape index (κ3) is 7.88. The van der Waals surface area contributed by atoms with Crippen LogP contribution in [0.25, 0.3) is 0 Å². The summed E-state index contributed by atoms with van der Waals surface area (Å²) in [5.41, 5.74) is 1.28. The average Bonchev–Trinajstić information content (AvgIpc) is 3.05. The van der Waals surface area contributed by atoms with Gasteiger partial charge in [0, 0.05) is 38.9 Å². The van der Waals surface area contributed by atoms with Gasteiger partial charge in [-0.3, -0.25) is 9.59 Å². The van der Waals surface area contributed by atoms with E-state index in [9.17, 15) is 9.59 Å². The number of carbonyl (C=O) groups is 2. The molecule has 1 aromatic rings. The van der Waals surface area contributed by atoms with Crippen LogP contribution in [0.5, 0.6) is 0 Å². The zero-order valence-corrected chi connectivity index (χ0v) is 18.0. The molecule has 0 aromatic heterocycles. The van der Waals surface area contributed by atoms with Crippen molar-refractivity contribution in [3.63, 3.8) is 0 Å². The lowest BCUT2D eigenvalue weighted by Crippen LogP contribution is -2.21. The molecule has 0 amide bonds. The Labute approximate surface area is 179 Å². The topological polar surface area (TPSA) is 72.8 Å². The number of carbonyl (C=O) groups excluding carboxylic acids is 1. The Balaban J connectivity index is 1.93. The van der Waals surface area contributed by atoms with E-state index < -0.39 is 5.97 Å². The van der Waals surface area contributed by atoms with Gasteiger partial charge in [-0.2, -0.15) is 0 Å². The fraction of sp³-hybridized carbons (Fsp3) is 0.520. The summed E-state index contributed by atoms with van der Waals surface area (Å²) in [7, 11) is 3.37. The molecule has 1 saturated carbocycles. The Hall–Kier alpha value is -2.24. The lowest BCUT2D eigenvalue weighted by molar-refractivity contribution is -0.137. The fourth-order valence-electron chi connectivity index (χ4n) is 3.98. The molecule has 5 heteroatoms. The van der Waals surface area contributed by atoms with Crippen LogP contribution in [0.1, 0.15) is 44.1 Å². The summed E-state index contributed by atoms with van der Waals surface area (Å²) >= 11 is 0. The number of allylic oxidation sites excluding steroid dienone is 2. The molecule has 4 atom stereocenters. The minimum atomic E-state index is -0.775. The van der Waals surface area contributed by atoms with Crippen LogP contribution in [0.2, 0.25) is 0 Å². The minimum absolute atomic E-state index is 0.00868. The molecule has 30 heavy (non-hydrogen) atoms. The van der Waals surface area contributed by atoms with Crippen molar-refractivity contribution in [3.8, 4) is 0 Å². The predicted molar refractivity (Wildman–Crippen MR) is 117 cm³/mol.